The first kappa shape index (κ1) is 8.51. The number of primary amides is 1. The van der Waals surface area contributed by atoms with Crippen LogP contribution in [0, 0.1) is 0 Å². The Morgan fingerprint density at radius 2 is 2.30 bits per heavy atom. The zero-order valence-electron chi connectivity index (χ0n) is 5.32. The van der Waals surface area contributed by atoms with Crippen LogP contribution in [0.5, 0.6) is 0 Å². The molecule has 54 valence electrons. The average molecular weight is 140 g/mol. The topological polar surface area (TPSA) is 104 Å². The van der Waals surface area contributed by atoms with Crippen LogP contribution in [-0.4, -0.2) is 15.9 Å². The molecule has 1 aromatic heterocycles. The Labute approximate surface area is 57.9 Å². The van der Waals surface area contributed by atoms with Gasteiger partial charge in [0.05, 0.1) is 0 Å². The van der Waals surface area contributed by atoms with Gasteiger partial charge in [-0.3, -0.25) is 4.79 Å². The SMILES string of the molecule is N.NC(=O)c1ccncn1. The highest BCUT2D eigenvalue weighted by Gasteiger charge is 1.96. The van der Waals surface area contributed by atoms with Crippen molar-refractivity contribution in [2.75, 3.05) is 0 Å². The summed E-state index contributed by atoms with van der Waals surface area (Å²) in [5.41, 5.74) is 5.13. The van der Waals surface area contributed by atoms with Gasteiger partial charge in [0.15, 0.2) is 0 Å². The summed E-state index contributed by atoms with van der Waals surface area (Å²) in [6.07, 6.45) is 2.74. The zero-order chi connectivity index (χ0) is 6.69. The van der Waals surface area contributed by atoms with Gasteiger partial charge >= 0.3 is 0 Å². The van der Waals surface area contributed by atoms with E-state index >= 15 is 0 Å². The van der Waals surface area contributed by atoms with Gasteiger partial charge in [-0.2, -0.15) is 0 Å². The van der Waals surface area contributed by atoms with Gasteiger partial charge in [-0.25, -0.2) is 9.97 Å². The highest BCUT2D eigenvalue weighted by Crippen LogP contribution is 1.85. The van der Waals surface area contributed by atoms with E-state index < -0.39 is 5.91 Å². The highest BCUT2D eigenvalue weighted by atomic mass is 16.1. The van der Waals surface area contributed by atoms with Crippen LogP contribution in [0.3, 0.4) is 0 Å². The summed E-state index contributed by atoms with van der Waals surface area (Å²) in [6.45, 7) is 0. The summed E-state index contributed by atoms with van der Waals surface area (Å²) >= 11 is 0. The molecule has 5 nitrogen and oxygen atoms in total. The lowest BCUT2D eigenvalue weighted by Crippen LogP contribution is -2.12. The first-order chi connectivity index (χ1) is 4.30. The number of carbonyl (C=O) groups is 1. The van der Waals surface area contributed by atoms with Crippen molar-refractivity contribution in [2.45, 2.75) is 0 Å². The third kappa shape index (κ3) is 1.79. The average Bonchev–Trinajstić information content (AvgIpc) is 1.90. The largest absolute Gasteiger partial charge is 0.364 e. The zero-order valence-corrected chi connectivity index (χ0v) is 5.32. The van der Waals surface area contributed by atoms with Crippen molar-refractivity contribution in [3.8, 4) is 0 Å². The summed E-state index contributed by atoms with van der Waals surface area (Å²) in [5.74, 6) is -0.530. The molecule has 10 heavy (non-hydrogen) atoms. The quantitative estimate of drug-likeness (QED) is 0.560. The van der Waals surface area contributed by atoms with E-state index in [1.165, 1.54) is 18.6 Å². The molecule has 0 saturated heterocycles. The van der Waals surface area contributed by atoms with Crippen LogP contribution in [0.4, 0.5) is 0 Å². The monoisotopic (exact) mass is 140 g/mol. The fourth-order valence-corrected chi connectivity index (χ4v) is 0.436. The summed E-state index contributed by atoms with van der Waals surface area (Å²) < 4.78 is 0. The number of nitrogens with zero attached hydrogens (tertiary/aromatic N) is 2. The van der Waals surface area contributed by atoms with E-state index in [9.17, 15) is 4.79 Å². The minimum absolute atomic E-state index is 0. The number of amides is 1. The Morgan fingerprint density at radius 1 is 1.60 bits per heavy atom. The second-order valence-corrected chi connectivity index (χ2v) is 1.46. The molecular formula is C5H8N4O. The molecule has 1 amide bonds. The lowest BCUT2D eigenvalue weighted by molar-refractivity contribution is 0.0995. The van der Waals surface area contributed by atoms with Gasteiger partial charge < -0.3 is 11.9 Å². The first-order valence-corrected chi connectivity index (χ1v) is 2.36. The molecule has 0 unspecified atom stereocenters. The Morgan fingerprint density at radius 3 is 2.60 bits per heavy atom. The fourth-order valence-electron chi connectivity index (χ4n) is 0.436. The molecule has 0 saturated carbocycles. The van der Waals surface area contributed by atoms with Gasteiger partial charge in [0, 0.05) is 6.20 Å². The van der Waals surface area contributed by atoms with Crippen LogP contribution in [-0.2, 0) is 0 Å². The molecule has 1 rings (SSSR count). The van der Waals surface area contributed by atoms with Crippen molar-refractivity contribution < 1.29 is 4.79 Å². The molecular weight excluding hydrogens is 132 g/mol. The molecule has 1 aromatic rings. The van der Waals surface area contributed by atoms with Crippen LogP contribution >= 0.6 is 0 Å². The molecule has 0 aliphatic heterocycles. The third-order valence-corrected chi connectivity index (χ3v) is 0.834. The van der Waals surface area contributed by atoms with Crippen LogP contribution < -0.4 is 11.9 Å². The van der Waals surface area contributed by atoms with Gasteiger partial charge in [-0.1, -0.05) is 0 Å². The normalized spacial score (nSPS) is 8.00. The van der Waals surface area contributed by atoms with E-state index in [1.54, 1.807) is 0 Å². The highest BCUT2D eigenvalue weighted by molar-refractivity contribution is 5.90. The van der Waals surface area contributed by atoms with Crippen LogP contribution in [0.2, 0.25) is 0 Å². The van der Waals surface area contributed by atoms with E-state index in [2.05, 4.69) is 9.97 Å². The Bertz CT molecular complexity index is 210. The standard InChI is InChI=1S/C5H5N3O.H3N/c6-5(9)4-1-2-7-3-8-4;/h1-3H,(H2,6,9);1H3. The smallest absolute Gasteiger partial charge is 0.267 e. The second kappa shape index (κ2) is 3.52. The molecule has 0 spiro atoms. The maximum Gasteiger partial charge on any atom is 0.267 e. The van der Waals surface area contributed by atoms with E-state index in [0.717, 1.165) is 0 Å². The van der Waals surface area contributed by atoms with Crippen molar-refractivity contribution in [1.29, 1.82) is 0 Å². The maximum atomic E-state index is 10.3. The van der Waals surface area contributed by atoms with Gasteiger partial charge in [0.2, 0.25) is 0 Å². The van der Waals surface area contributed by atoms with E-state index in [4.69, 9.17) is 5.73 Å². The number of hydrogen-bond donors (Lipinski definition) is 2. The number of aromatic nitrogens is 2. The third-order valence-electron chi connectivity index (χ3n) is 0.834. The van der Waals surface area contributed by atoms with Crippen molar-refractivity contribution in [3.05, 3.63) is 24.3 Å². The Hall–Kier alpha value is -1.49. The molecule has 0 aromatic carbocycles. The summed E-state index contributed by atoms with van der Waals surface area (Å²) in [4.78, 5) is 17.5. The fraction of sp³-hybridized carbons (Fsp3) is 0. The first-order valence-electron chi connectivity index (χ1n) is 2.36. The molecule has 0 aliphatic carbocycles. The minimum Gasteiger partial charge on any atom is -0.364 e. The molecule has 5 N–H and O–H groups in total. The molecule has 0 atom stereocenters. The van der Waals surface area contributed by atoms with Crippen molar-refractivity contribution in [2.24, 2.45) is 5.73 Å². The minimum atomic E-state index is -0.530. The molecule has 0 fully saturated rings. The Balaban J connectivity index is 0.000000810. The van der Waals surface area contributed by atoms with E-state index in [0.29, 0.717) is 0 Å². The predicted octanol–water partition coefficient (Wildman–Crippen LogP) is -0.263. The van der Waals surface area contributed by atoms with E-state index in [-0.39, 0.29) is 11.8 Å². The number of rotatable bonds is 1. The van der Waals surface area contributed by atoms with Crippen molar-refractivity contribution in [3.63, 3.8) is 0 Å². The van der Waals surface area contributed by atoms with Gasteiger partial charge in [-0.15, -0.1) is 0 Å². The van der Waals surface area contributed by atoms with Crippen LogP contribution in [0.15, 0.2) is 18.6 Å². The van der Waals surface area contributed by atoms with E-state index in [1.807, 2.05) is 0 Å². The lowest BCUT2D eigenvalue weighted by atomic mass is 10.4. The number of nitrogens with two attached hydrogens (primary N) is 1. The summed E-state index contributed by atoms with van der Waals surface area (Å²) in [5, 5.41) is 0. The summed E-state index contributed by atoms with van der Waals surface area (Å²) in [6, 6.07) is 1.46. The molecule has 0 aliphatic rings. The predicted molar refractivity (Wildman–Crippen MR) is 35.6 cm³/mol. The van der Waals surface area contributed by atoms with Gasteiger partial charge in [0.1, 0.15) is 12.0 Å². The molecule has 0 bridgehead atoms. The summed E-state index contributed by atoms with van der Waals surface area (Å²) in [7, 11) is 0. The van der Waals surface area contributed by atoms with Crippen LogP contribution in [0.1, 0.15) is 10.5 Å². The molecule has 0 radical (unpaired) electrons. The second-order valence-electron chi connectivity index (χ2n) is 1.46. The number of hydrogen-bond acceptors (Lipinski definition) is 4. The van der Waals surface area contributed by atoms with Gasteiger partial charge in [0.25, 0.3) is 5.91 Å². The molecule has 1 heterocycles. The Kier molecular flexibility index (Phi) is 2.99. The van der Waals surface area contributed by atoms with Crippen molar-refractivity contribution >= 4 is 5.91 Å². The van der Waals surface area contributed by atoms with Gasteiger partial charge in [-0.05, 0) is 6.07 Å². The number of carbonyl (C=O) groups excluding carboxylic acids is 1. The molecule has 5 heteroatoms. The van der Waals surface area contributed by atoms with Crippen molar-refractivity contribution in [1.82, 2.24) is 16.1 Å². The lowest BCUT2D eigenvalue weighted by Gasteiger charge is -1.87. The maximum absolute atomic E-state index is 10.3. The van der Waals surface area contributed by atoms with Crippen LogP contribution in [0.25, 0.3) is 0 Å².